The number of hydrogen-bond acceptors (Lipinski definition) is 2. The van der Waals surface area contributed by atoms with Gasteiger partial charge in [-0.3, -0.25) is 0 Å². The third-order valence-electron chi connectivity index (χ3n) is 0.672. The van der Waals surface area contributed by atoms with E-state index in [1.165, 1.54) is 0 Å². The van der Waals surface area contributed by atoms with Gasteiger partial charge in [0, 0.05) is 0 Å². The molecule has 1 atom stereocenters. The molecule has 8 heavy (non-hydrogen) atoms. The van der Waals surface area contributed by atoms with Gasteiger partial charge in [-0.1, -0.05) is 6.92 Å². The number of carbonyl (C=O) groups is 1. The van der Waals surface area contributed by atoms with Gasteiger partial charge in [-0.15, -0.1) is 0 Å². The fourth-order valence-corrected chi connectivity index (χ4v) is 0.175. The van der Waals surface area contributed by atoms with Crippen molar-refractivity contribution >= 4 is 54.9 Å². The number of aliphatic carboxylic acids is 1. The van der Waals surface area contributed by atoms with Crippen LogP contribution in [0.15, 0.2) is 0 Å². The van der Waals surface area contributed by atoms with Crippen LogP contribution in [-0.2, 0) is 4.79 Å². The molecular formula is C4H10BaO3. The van der Waals surface area contributed by atoms with E-state index in [1.54, 1.807) is 6.92 Å². The Labute approximate surface area is 91.1 Å². The van der Waals surface area contributed by atoms with E-state index in [2.05, 4.69) is 0 Å². The second kappa shape index (κ2) is 6.13. The number of rotatable bonds is 2. The van der Waals surface area contributed by atoms with Gasteiger partial charge in [-0.25, -0.2) is 4.79 Å². The van der Waals surface area contributed by atoms with Crippen LogP contribution < -0.4 is 0 Å². The minimum Gasteiger partial charge on any atom is -1.00 e. The van der Waals surface area contributed by atoms with Crippen LogP contribution in [0.5, 0.6) is 0 Å². The number of hydrogen-bond donors (Lipinski definition) is 2. The molecule has 0 amide bonds. The number of aliphatic hydroxyl groups excluding tert-OH is 1. The fraction of sp³-hybridized carbons (Fsp3) is 0.750. The Hall–Kier alpha value is 1.00. The molecule has 0 aliphatic heterocycles. The van der Waals surface area contributed by atoms with E-state index < -0.39 is 12.1 Å². The first-order valence-electron chi connectivity index (χ1n) is 2.09. The van der Waals surface area contributed by atoms with E-state index in [9.17, 15) is 4.79 Å². The maximum absolute atomic E-state index is 9.68. The zero-order chi connectivity index (χ0) is 5.86. The predicted molar refractivity (Wildman–Crippen MR) is 31.9 cm³/mol. The molecule has 0 aliphatic rings. The van der Waals surface area contributed by atoms with Crippen molar-refractivity contribution in [1.82, 2.24) is 0 Å². The minimum absolute atomic E-state index is 0. The van der Waals surface area contributed by atoms with Gasteiger partial charge in [-0.05, 0) is 6.42 Å². The smallest absolute Gasteiger partial charge is 1.00 e. The maximum atomic E-state index is 9.68. The van der Waals surface area contributed by atoms with Crippen molar-refractivity contribution in [3.63, 3.8) is 0 Å². The number of carboxylic acid groups (broad SMARTS) is 1. The van der Waals surface area contributed by atoms with Crippen molar-refractivity contribution in [2.24, 2.45) is 0 Å². The van der Waals surface area contributed by atoms with Crippen LogP contribution in [0.4, 0.5) is 0 Å². The molecule has 0 aromatic rings. The van der Waals surface area contributed by atoms with E-state index in [0.717, 1.165) is 0 Å². The summed E-state index contributed by atoms with van der Waals surface area (Å²) in [6.07, 6.45) is -0.907. The Morgan fingerprint density at radius 2 is 2.25 bits per heavy atom. The summed E-state index contributed by atoms with van der Waals surface area (Å²) in [5.74, 6) is -1.15. The van der Waals surface area contributed by atoms with Crippen molar-refractivity contribution in [2.45, 2.75) is 19.4 Å². The summed E-state index contributed by atoms with van der Waals surface area (Å²) in [4.78, 5) is 9.68. The molecule has 0 fully saturated rings. The van der Waals surface area contributed by atoms with Crippen molar-refractivity contribution < 1.29 is 17.9 Å². The molecule has 3 nitrogen and oxygen atoms in total. The second-order valence-electron chi connectivity index (χ2n) is 1.26. The Kier molecular flexibility index (Phi) is 9.00. The van der Waals surface area contributed by atoms with Crippen LogP contribution in [0.2, 0.25) is 0 Å². The SMILES string of the molecule is CCC(O)C(=O)O.[Ba+2].[H-].[H-]. The summed E-state index contributed by atoms with van der Waals surface area (Å²) in [7, 11) is 0. The van der Waals surface area contributed by atoms with Crippen LogP contribution in [0.1, 0.15) is 16.2 Å². The third-order valence-corrected chi connectivity index (χ3v) is 0.672. The molecule has 0 heterocycles. The topological polar surface area (TPSA) is 57.5 Å². The Morgan fingerprint density at radius 1 is 1.88 bits per heavy atom. The molecule has 46 valence electrons. The molecule has 0 aromatic carbocycles. The second-order valence-corrected chi connectivity index (χ2v) is 1.26. The van der Waals surface area contributed by atoms with Gasteiger partial charge in [0.1, 0.15) is 0 Å². The fourth-order valence-electron chi connectivity index (χ4n) is 0.175. The minimum atomic E-state index is -1.18. The van der Waals surface area contributed by atoms with Gasteiger partial charge in [-0.2, -0.15) is 0 Å². The molecule has 0 aromatic heterocycles. The molecule has 4 heteroatoms. The van der Waals surface area contributed by atoms with Crippen LogP contribution in [0.25, 0.3) is 0 Å². The van der Waals surface area contributed by atoms with Gasteiger partial charge >= 0.3 is 54.9 Å². The summed E-state index contributed by atoms with van der Waals surface area (Å²) in [5.41, 5.74) is 0. The molecular weight excluding hydrogens is 233 g/mol. The molecule has 0 aliphatic carbocycles. The first-order valence-corrected chi connectivity index (χ1v) is 2.09. The largest absolute Gasteiger partial charge is 2.00 e. The third kappa shape index (κ3) is 5.14. The average Bonchev–Trinajstić information content (AvgIpc) is 1.65. The van der Waals surface area contributed by atoms with Gasteiger partial charge in [0.25, 0.3) is 0 Å². The standard InChI is InChI=1S/C4H8O3.Ba.2H/c1-2-3(5)4(6)7;;;/h3,5H,2H2,1H3,(H,6,7);;;/q;+2;2*-1. The van der Waals surface area contributed by atoms with Crippen molar-refractivity contribution in [3.05, 3.63) is 0 Å². The van der Waals surface area contributed by atoms with E-state index in [4.69, 9.17) is 10.2 Å². The quantitative estimate of drug-likeness (QED) is 0.654. The average molecular weight is 243 g/mol. The van der Waals surface area contributed by atoms with Crippen LogP contribution in [0.3, 0.4) is 0 Å². The normalized spacial score (nSPS) is 11.8. The van der Waals surface area contributed by atoms with Gasteiger partial charge in [0.15, 0.2) is 6.10 Å². The number of carboxylic acids is 1. The molecule has 1 unspecified atom stereocenters. The van der Waals surface area contributed by atoms with Crippen molar-refractivity contribution in [1.29, 1.82) is 0 Å². The first-order chi connectivity index (χ1) is 3.18. The monoisotopic (exact) mass is 244 g/mol. The van der Waals surface area contributed by atoms with Gasteiger partial charge in [0.05, 0.1) is 0 Å². The Morgan fingerprint density at radius 3 is 2.25 bits per heavy atom. The first kappa shape index (κ1) is 11.8. The Bertz CT molecular complexity index is 80.9. The summed E-state index contributed by atoms with van der Waals surface area (Å²) in [6.45, 7) is 1.61. The Balaban J connectivity index is -0.0000000600. The molecule has 0 rings (SSSR count). The molecule has 0 saturated heterocycles. The van der Waals surface area contributed by atoms with Crippen molar-refractivity contribution in [2.75, 3.05) is 0 Å². The van der Waals surface area contributed by atoms with E-state index >= 15 is 0 Å². The van der Waals surface area contributed by atoms with Crippen LogP contribution in [0, 0.1) is 0 Å². The molecule has 0 bridgehead atoms. The van der Waals surface area contributed by atoms with Crippen LogP contribution in [-0.4, -0.2) is 71.2 Å². The van der Waals surface area contributed by atoms with Gasteiger partial charge in [0.2, 0.25) is 0 Å². The molecule has 0 saturated carbocycles. The summed E-state index contributed by atoms with van der Waals surface area (Å²) >= 11 is 0. The summed E-state index contributed by atoms with van der Waals surface area (Å²) in [5, 5.41) is 16.3. The molecule has 2 N–H and O–H groups in total. The van der Waals surface area contributed by atoms with Gasteiger partial charge < -0.3 is 13.1 Å². The zero-order valence-corrected chi connectivity index (χ0v) is 9.23. The van der Waals surface area contributed by atoms with Crippen molar-refractivity contribution in [3.8, 4) is 0 Å². The van der Waals surface area contributed by atoms with E-state index in [1.807, 2.05) is 0 Å². The van der Waals surface area contributed by atoms with Crippen LogP contribution >= 0.6 is 0 Å². The van der Waals surface area contributed by atoms with E-state index in [0.29, 0.717) is 0 Å². The summed E-state index contributed by atoms with van der Waals surface area (Å²) in [6, 6.07) is 0. The number of aliphatic hydroxyl groups is 1. The maximum Gasteiger partial charge on any atom is 2.00 e. The van der Waals surface area contributed by atoms with E-state index in [-0.39, 0.29) is 58.2 Å². The molecule has 0 radical (unpaired) electrons. The molecule has 0 spiro atoms. The zero-order valence-electron chi connectivity index (χ0n) is 6.79. The summed E-state index contributed by atoms with van der Waals surface area (Å²) < 4.78 is 0. The predicted octanol–water partition coefficient (Wildman–Crippen LogP) is -0.314.